The average Bonchev–Trinajstić information content (AvgIpc) is 2.33. The van der Waals surface area contributed by atoms with Crippen molar-refractivity contribution in [2.24, 2.45) is 0 Å². The Morgan fingerprint density at radius 2 is 2.12 bits per heavy atom. The van der Waals surface area contributed by atoms with Crippen LogP contribution in [-0.4, -0.2) is 44.8 Å². The summed E-state index contributed by atoms with van der Waals surface area (Å²) in [5.74, 6) is -0.175. The van der Waals surface area contributed by atoms with Gasteiger partial charge < -0.3 is 10.2 Å². The van der Waals surface area contributed by atoms with Gasteiger partial charge in [0, 0.05) is 37.7 Å². The second kappa shape index (κ2) is 5.80. The first-order valence-electron chi connectivity index (χ1n) is 5.76. The Hall–Kier alpha value is -0.650. The van der Waals surface area contributed by atoms with Crippen LogP contribution in [0.15, 0.2) is 22.7 Å². The van der Waals surface area contributed by atoms with Crippen molar-refractivity contribution in [2.45, 2.75) is 0 Å². The predicted octanol–water partition coefficient (Wildman–Crippen LogP) is 1.89. The van der Waals surface area contributed by atoms with Crippen molar-refractivity contribution in [1.29, 1.82) is 0 Å². The lowest BCUT2D eigenvalue weighted by molar-refractivity contribution is 0.243. The van der Waals surface area contributed by atoms with Gasteiger partial charge in [0.1, 0.15) is 5.82 Å². The monoisotopic (exact) mass is 301 g/mol. The molecule has 1 saturated heterocycles. The van der Waals surface area contributed by atoms with Crippen LogP contribution in [0.5, 0.6) is 0 Å². The van der Waals surface area contributed by atoms with Crippen molar-refractivity contribution in [1.82, 2.24) is 10.2 Å². The molecule has 0 aliphatic carbocycles. The zero-order chi connectivity index (χ0) is 12.3. The summed E-state index contributed by atoms with van der Waals surface area (Å²) in [7, 11) is 1.92. The van der Waals surface area contributed by atoms with Crippen molar-refractivity contribution in [2.75, 3.05) is 44.8 Å². The molecule has 5 heteroatoms. The standard InChI is InChI=1S/C12H17BrFN3/c1-16(9-17-6-4-15-5-7-17)12-8-10(13)2-3-11(12)14/h2-3,8,15H,4-7,9H2,1H3. The molecule has 1 N–H and O–H groups in total. The summed E-state index contributed by atoms with van der Waals surface area (Å²) in [6, 6.07) is 5.03. The molecule has 0 atom stereocenters. The minimum absolute atomic E-state index is 0.175. The molecule has 17 heavy (non-hydrogen) atoms. The minimum Gasteiger partial charge on any atom is -0.359 e. The summed E-state index contributed by atoms with van der Waals surface area (Å²) in [4.78, 5) is 4.27. The van der Waals surface area contributed by atoms with Crippen LogP contribution in [0.2, 0.25) is 0 Å². The van der Waals surface area contributed by atoms with Crippen LogP contribution < -0.4 is 10.2 Å². The summed E-state index contributed by atoms with van der Waals surface area (Å²) < 4.78 is 14.6. The van der Waals surface area contributed by atoms with E-state index in [4.69, 9.17) is 0 Å². The summed E-state index contributed by atoms with van der Waals surface area (Å²) in [5, 5.41) is 3.31. The molecule has 1 aromatic carbocycles. The van der Waals surface area contributed by atoms with Crippen LogP contribution in [0.25, 0.3) is 0 Å². The zero-order valence-electron chi connectivity index (χ0n) is 9.92. The predicted molar refractivity (Wildman–Crippen MR) is 71.8 cm³/mol. The highest BCUT2D eigenvalue weighted by molar-refractivity contribution is 9.10. The van der Waals surface area contributed by atoms with Gasteiger partial charge in [-0.1, -0.05) is 15.9 Å². The van der Waals surface area contributed by atoms with Crippen LogP contribution in [0.4, 0.5) is 10.1 Å². The number of anilines is 1. The van der Waals surface area contributed by atoms with Crippen LogP contribution in [0.3, 0.4) is 0 Å². The summed E-state index contributed by atoms with van der Waals surface area (Å²) in [5.41, 5.74) is 0.637. The number of halogens is 2. The second-order valence-electron chi connectivity index (χ2n) is 4.30. The van der Waals surface area contributed by atoms with Crippen molar-refractivity contribution in [3.05, 3.63) is 28.5 Å². The first-order chi connectivity index (χ1) is 8.16. The molecular formula is C12H17BrFN3. The number of piperazine rings is 1. The van der Waals surface area contributed by atoms with Crippen LogP contribution >= 0.6 is 15.9 Å². The van der Waals surface area contributed by atoms with Gasteiger partial charge in [-0.25, -0.2) is 4.39 Å². The molecule has 0 aromatic heterocycles. The Morgan fingerprint density at radius 1 is 1.41 bits per heavy atom. The lowest BCUT2D eigenvalue weighted by Crippen LogP contribution is -2.47. The van der Waals surface area contributed by atoms with Gasteiger partial charge in [-0.2, -0.15) is 0 Å². The SMILES string of the molecule is CN(CN1CCNCC1)c1cc(Br)ccc1F. The molecule has 0 unspecified atom stereocenters. The lowest BCUT2D eigenvalue weighted by atomic mass is 10.3. The Balaban J connectivity index is 2.02. The van der Waals surface area contributed by atoms with E-state index < -0.39 is 0 Å². The topological polar surface area (TPSA) is 18.5 Å². The third kappa shape index (κ3) is 3.40. The lowest BCUT2D eigenvalue weighted by Gasteiger charge is -2.32. The first kappa shape index (κ1) is 12.8. The van der Waals surface area contributed by atoms with Gasteiger partial charge in [0.15, 0.2) is 0 Å². The smallest absolute Gasteiger partial charge is 0.146 e. The maximum absolute atomic E-state index is 13.7. The zero-order valence-corrected chi connectivity index (χ0v) is 11.5. The summed E-state index contributed by atoms with van der Waals surface area (Å²) in [6.45, 7) is 4.80. The Bertz CT molecular complexity index is 380. The maximum Gasteiger partial charge on any atom is 0.146 e. The van der Waals surface area contributed by atoms with Gasteiger partial charge in [-0.05, 0) is 18.2 Å². The molecule has 1 aliphatic heterocycles. The minimum atomic E-state index is -0.175. The molecule has 1 fully saturated rings. The highest BCUT2D eigenvalue weighted by Crippen LogP contribution is 2.23. The van der Waals surface area contributed by atoms with E-state index in [0.717, 1.165) is 37.3 Å². The number of rotatable bonds is 3. The van der Waals surface area contributed by atoms with Gasteiger partial charge >= 0.3 is 0 Å². The van der Waals surface area contributed by atoms with E-state index in [1.165, 1.54) is 6.07 Å². The fourth-order valence-corrected chi connectivity index (χ4v) is 2.36. The third-order valence-electron chi connectivity index (χ3n) is 2.94. The Morgan fingerprint density at radius 3 is 2.82 bits per heavy atom. The van der Waals surface area contributed by atoms with Crippen molar-refractivity contribution >= 4 is 21.6 Å². The average molecular weight is 302 g/mol. The molecule has 1 heterocycles. The van der Waals surface area contributed by atoms with E-state index in [0.29, 0.717) is 5.69 Å². The molecule has 0 spiro atoms. The van der Waals surface area contributed by atoms with Crippen LogP contribution in [0.1, 0.15) is 0 Å². The molecule has 0 amide bonds. The first-order valence-corrected chi connectivity index (χ1v) is 6.55. The van der Waals surface area contributed by atoms with Crippen molar-refractivity contribution < 1.29 is 4.39 Å². The van der Waals surface area contributed by atoms with Crippen molar-refractivity contribution in [3.8, 4) is 0 Å². The molecule has 0 radical (unpaired) electrons. The fraction of sp³-hybridized carbons (Fsp3) is 0.500. The molecule has 1 aromatic rings. The number of nitrogens with zero attached hydrogens (tertiary/aromatic N) is 2. The van der Waals surface area contributed by atoms with Gasteiger partial charge in [-0.3, -0.25) is 4.90 Å². The second-order valence-corrected chi connectivity index (χ2v) is 5.22. The molecule has 2 rings (SSSR count). The van der Waals surface area contributed by atoms with E-state index in [1.807, 2.05) is 18.0 Å². The van der Waals surface area contributed by atoms with E-state index in [9.17, 15) is 4.39 Å². The van der Waals surface area contributed by atoms with E-state index >= 15 is 0 Å². The molecule has 1 aliphatic rings. The molecule has 0 saturated carbocycles. The fourth-order valence-electron chi connectivity index (χ4n) is 2.01. The molecule has 0 bridgehead atoms. The van der Waals surface area contributed by atoms with E-state index in [1.54, 1.807) is 6.07 Å². The summed E-state index contributed by atoms with van der Waals surface area (Å²) in [6.07, 6.45) is 0. The number of hydrogen-bond donors (Lipinski definition) is 1. The van der Waals surface area contributed by atoms with Crippen molar-refractivity contribution in [3.63, 3.8) is 0 Å². The number of nitrogens with one attached hydrogen (secondary N) is 1. The van der Waals surface area contributed by atoms with Gasteiger partial charge in [-0.15, -0.1) is 0 Å². The van der Waals surface area contributed by atoms with E-state index in [-0.39, 0.29) is 5.82 Å². The maximum atomic E-state index is 13.7. The van der Waals surface area contributed by atoms with Crippen LogP contribution in [-0.2, 0) is 0 Å². The highest BCUT2D eigenvalue weighted by atomic mass is 79.9. The van der Waals surface area contributed by atoms with E-state index in [2.05, 4.69) is 26.1 Å². The van der Waals surface area contributed by atoms with Gasteiger partial charge in [0.25, 0.3) is 0 Å². The molecular weight excluding hydrogens is 285 g/mol. The van der Waals surface area contributed by atoms with Gasteiger partial charge in [0.2, 0.25) is 0 Å². The largest absolute Gasteiger partial charge is 0.359 e. The molecule has 94 valence electrons. The summed E-state index contributed by atoms with van der Waals surface area (Å²) >= 11 is 3.37. The van der Waals surface area contributed by atoms with Crippen LogP contribution in [0, 0.1) is 5.82 Å². The highest BCUT2D eigenvalue weighted by Gasteiger charge is 2.14. The Labute approximate surface area is 110 Å². The normalized spacial score (nSPS) is 17.1. The third-order valence-corrected chi connectivity index (χ3v) is 3.43. The van der Waals surface area contributed by atoms with Gasteiger partial charge in [0.05, 0.1) is 12.4 Å². The molecule has 3 nitrogen and oxygen atoms in total. The Kier molecular flexibility index (Phi) is 4.36. The number of benzene rings is 1. The number of hydrogen-bond acceptors (Lipinski definition) is 3. The quantitative estimate of drug-likeness (QED) is 0.920.